The molecule has 0 fully saturated rings. The van der Waals surface area contributed by atoms with Crippen molar-refractivity contribution in [3.63, 3.8) is 0 Å². The molecule has 0 unspecified atom stereocenters. The molecule has 1 aliphatic heterocycles. The van der Waals surface area contributed by atoms with Gasteiger partial charge < -0.3 is 9.15 Å². The Kier molecular flexibility index (Phi) is 3.16. The van der Waals surface area contributed by atoms with Gasteiger partial charge in [0.2, 0.25) is 0 Å². The molecule has 0 aliphatic carbocycles. The first-order valence-corrected chi connectivity index (χ1v) is 6.35. The van der Waals surface area contributed by atoms with Gasteiger partial charge in [0.15, 0.2) is 11.6 Å². The van der Waals surface area contributed by atoms with Gasteiger partial charge in [-0.1, -0.05) is 23.7 Å². The van der Waals surface area contributed by atoms with Gasteiger partial charge in [0.05, 0.1) is 5.02 Å². The second-order valence-corrected chi connectivity index (χ2v) is 4.64. The van der Waals surface area contributed by atoms with E-state index in [4.69, 9.17) is 20.8 Å². The van der Waals surface area contributed by atoms with Gasteiger partial charge in [-0.15, -0.1) is 0 Å². The van der Waals surface area contributed by atoms with Gasteiger partial charge in [-0.25, -0.2) is 9.79 Å². The Morgan fingerprint density at radius 2 is 2.00 bits per heavy atom. The van der Waals surface area contributed by atoms with E-state index in [2.05, 4.69) is 4.99 Å². The van der Waals surface area contributed by atoms with Crippen LogP contribution in [0.1, 0.15) is 12.7 Å². The van der Waals surface area contributed by atoms with E-state index < -0.39 is 5.97 Å². The lowest BCUT2D eigenvalue weighted by molar-refractivity contribution is -0.130. The lowest BCUT2D eigenvalue weighted by Gasteiger charge is -1.98. The Balaban J connectivity index is 1.94. The number of aliphatic imine (C=N–C) groups is 1. The third-order valence-corrected chi connectivity index (χ3v) is 3.10. The third-order valence-electron chi connectivity index (χ3n) is 2.77. The van der Waals surface area contributed by atoms with E-state index in [9.17, 15) is 4.79 Å². The molecule has 2 aromatic rings. The fourth-order valence-electron chi connectivity index (χ4n) is 1.89. The Morgan fingerprint density at radius 1 is 1.20 bits per heavy atom. The zero-order valence-electron chi connectivity index (χ0n) is 10.6. The second kappa shape index (κ2) is 4.98. The van der Waals surface area contributed by atoms with Crippen molar-refractivity contribution in [1.82, 2.24) is 0 Å². The number of carbonyl (C=O) groups is 1. The van der Waals surface area contributed by atoms with Crippen molar-refractivity contribution in [3.05, 3.63) is 52.9 Å². The molecule has 0 amide bonds. The average molecular weight is 288 g/mol. The van der Waals surface area contributed by atoms with Gasteiger partial charge in [0.25, 0.3) is 0 Å². The highest BCUT2D eigenvalue weighted by molar-refractivity contribution is 6.33. The van der Waals surface area contributed by atoms with Gasteiger partial charge in [-0.05, 0) is 24.3 Å². The molecule has 2 heterocycles. The maximum absolute atomic E-state index is 11.5. The van der Waals surface area contributed by atoms with Gasteiger partial charge >= 0.3 is 5.97 Å². The largest absolute Gasteiger partial charge is 0.457 e. The number of carbonyl (C=O) groups excluding carboxylic acids is 1. The fourth-order valence-corrected chi connectivity index (χ4v) is 2.12. The van der Waals surface area contributed by atoms with Crippen LogP contribution in [-0.2, 0) is 9.53 Å². The molecule has 0 radical (unpaired) electrons. The minimum atomic E-state index is -0.474. The summed E-state index contributed by atoms with van der Waals surface area (Å²) in [5, 5.41) is 0.607. The van der Waals surface area contributed by atoms with E-state index in [0.29, 0.717) is 22.4 Å². The molecule has 1 aliphatic rings. The van der Waals surface area contributed by atoms with E-state index in [1.165, 1.54) is 0 Å². The zero-order chi connectivity index (χ0) is 14.1. The van der Waals surface area contributed by atoms with Crippen LogP contribution in [0, 0.1) is 0 Å². The molecular formula is C15H10ClNO3. The Labute approximate surface area is 120 Å². The average Bonchev–Trinajstić information content (AvgIpc) is 2.98. The maximum atomic E-state index is 11.5. The third kappa shape index (κ3) is 2.38. The molecule has 4 nitrogen and oxygen atoms in total. The van der Waals surface area contributed by atoms with Gasteiger partial charge in [0.1, 0.15) is 11.5 Å². The molecular weight excluding hydrogens is 278 g/mol. The van der Waals surface area contributed by atoms with Crippen LogP contribution in [0.4, 0.5) is 0 Å². The molecule has 1 aromatic carbocycles. The number of halogens is 1. The molecule has 3 rings (SSSR count). The van der Waals surface area contributed by atoms with Crippen LogP contribution in [0.3, 0.4) is 0 Å². The first-order chi connectivity index (χ1) is 9.63. The van der Waals surface area contributed by atoms with Crippen molar-refractivity contribution in [3.8, 4) is 11.3 Å². The van der Waals surface area contributed by atoms with Crippen LogP contribution in [0.15, 0.2) is 51.5 Å². The number of hydrogen-bond acceptors (Lipinski definition) is 4. The smallest absolute Gasteiger partial charge is 0.363 e. The van der Waals surface area contributed by atoms with E-state index >= 15 is 0 Å². The number of rotatable bonds is 2. The van der Waals surface area contributed by atoms with Crippen LogP contribution < -0.4 is 0 Å². The summed E-state index contributed by atoms with van der Waals surface area (Å²) in [5.74, 6) is 1.01. The van der Waals surface area contributed by atoms with Crippen LogP contribution in [0.25, 0.3) is 17.4 Å². The summed E-state index contributed by atoms with van der Waals surface area (Å²) in [6.07, 6.45) is 1.54. The van der Waals surface area contributed by atoms with Crippen molar-refractivity contribution < 1.29 is 13.9 Å². The molecule has 0 saturated carbocycles. The van der Waals surface area contributed by atoms with Gasteiger partial charge in [0, 0.05) is 18.6 Å². The molecule has 5 heteroatoms. The normalized spacial score (nSPS) is 16.4. The summed E-state index contributed by atoms with van der Waals surface area (Å²) in [4.78, 5) is 15.4. The van der Waals surface area contributed by atoms with Crippen LogP contribution in [0.5, 0.6) is 0 Å². The Morgan fingerprint density at radius 3 is 2.70 bits per heavy atom. The first kappa shape index (κ1) is 12.7. The van der Waals surface area contributed by atoms with E-state index in [1.807, 2.05) is 18.2 Å². The van der Waals surface area contributed by atoms with Crippen LogP contribution in [-0.4, -0.2) is 11.9 Å². The molecule has 100 valence electrons. The molecule has 0 bridgehead atoms. The number of cyclic esters (lactones) is 1. The highest BCUT2D eigenvalue weighted by Crippen LogP contribution is 2.30. The Bertz CT molecular complexity index is 743. The number of furan rings is 1. The lowest BCUT2D eigenvalue weighted by atomic mass is 10.2. The number of hydrogen-bond donors (Lipinski definition) is 0. The summed E-state index contributed by atoms with van der Waals surface area (Å²) >= 11 is 6.11. The van der Waals surface area contributed by atoms with Crippen molar-refractivity contribution in [1.29, 1.82) is 0 Å². The maximum Gasteiger partial charge on any atom is 0.363 e. The quantitative estimate of drug-likeness (QED) is 0.621. The molecule has 0 saturated heterocycles. The Hall–Kier alpha value is -2.33. The second-order valence-electron chi connectivity index (χ2n) is 4.23. The summed E-state index contributed by atoms with van der Waals surface area (Å²) in [7, 11) is 0. The monoisotopic (exact) mass is 287 g/mol. The number of nitrogens with zero attached hydrogens (tertiary/aromatic N) is 1. The number of ether oxygens (including phenoxy) is 1. The predicted molar refractivity (Wildman–Crippen MR) is 76.3 cm³/mol. The fraction of sp³-hybridized carbons (Fsp3) is 0.0667. The van der Waals surface area contributed by atoms with E-state index in [1.54, 1.807) is 31.2 Å². The van der Waals surface area contributed by atoms with Crippen molar-refractivity contribution in [2.24, 2.45) is 4.99 Å². The van der Waals surface area contributed by atoms with Crippen LogP contribution >= 0.6 is 11.6 Å². The van der Waals surface area contributed by atoms with E-state index in [0.717, 1.165) is 5.56 Å². The van der Waals surface area contributed by atoms with Gasteiger partial charge in [-0.2, -0.15) is 0 Å². The highest BCUT2D eigenvalue weighted by Gasteiger charge is 2.20. The summed E-state index contributed by atoms with van der Waals surface area (Å²) in [5.41, 5.74) is 1.02. The summed E-state index contributed by atoms with van der Waals surface area (Å²) in [6, 6.07) is 10.9. The van der Waals surface area contributed by atoms with Gasteiger partial charge in [-0.3, -0.25) is 0 Å². The standard InChI is InChI=1S/C15H10ClNO3/c1-9-17-13(15(18)19-9)8-10-6-7-14(20-10)11-4-2-3-5-12(11)16/h2-8H,1H3/b13-8+. The van der Waals surface area contributed by atoms with E-state index in [-0.39, 0.29) is 5.70 Å². The van der Waals surface area contributed by atoms with Crippen molar-refractivity contribution in [2.45, 2.75) is 6.92 Å². The molecule has 20 heavy (non-hydrogen) atoms. The topological polar surface area (TPSA) is 51.8 Å². The summed E-state index contributed by atoms with van der Waals surface area (Å²) < 4.78 is 10.5. The zero-order valence-corrected chi connectivity index (χ0v) is 11.3. The van der Waals surface area contributed by atoms with Crippen molar-refractivity contribution in [2.75, 3.05) is 0 Å². The lowest BCUT2D eigenvalue weighted by Crippen LogP contribution is -1.99. The van der Waals surface area contributed by atoms with Crippen LogP contribution in [0.2, 0.25) is 5.02 Å². The molecule has 1 aromatic heterocycles. The SMILES string of the molecule is CC1=N/C(=C/c2ccc(-c3ccccc3Cl)o2)C(=O)O1. The highest BCUT2D eigenvalue weighted by atomic mass is 35.5. The molecule has 0 spiro atoms. The summed E-state index contributed by atoms with van der Waals surface area (Å²) in [6.45, 7) is 1.62. The minimum Gasteiger partial charge on any atom is -0.457 e. The number of esters is 1. The van der Waals surface area contributed by atoms with Crippen molar-refractivity contribution >= 4 is 29.5 Å². The predicted octanol–water partition coefficient (Wildman–Crippen LogP) is 3.92. The molecule has 0 atom stereocenters. The molecule has 0 N–H and O–H groups in total. The number of benzene rings is 1. The first-order valence-electron chi connectivity index (χ1n) is 5.97. The minimum absolute atomic E-state index is 0.225.